The number of nitrogens with one attached hydrogen (secondary N) is 1. The minimum atomic E-state index is -1.39. The number of rotatable bonds is 1. The Morgan fingerprint density at radius 2 is 1.86 bits per heavy atom. The molecule has 14 heavy (non-hydrogen) atoms. The van der Waals surface area contributed by atoms with Crippen molar-refractivity contribution in [1.82, 2.24) is 5.32 Å². The molecule has 5 unspecified atom stereocenters. The first kappa shape index (κ1) is 11.2. The fourth-order valence-electron chi connectivity index (χ4n) is 1.31. The summed E-state index contributed by atoms with van der Waals surface area (Å²) in [7, 11) is 0. The minimum absolute atomic E-state index is 0.690. The molecule has 1 aliphatic heterocycles. The summed E-state index contributed by atoms with van der Waals surface area (Å²) in [5, 5.41) is 30.1. The molecule has 1 aliphatic rings. The first-order valence-corrected chi connectivity index (χ1v) is 4.19. The van der Waals surface area contributed by atoms with Gasteiger partial charge in [0.05, 0.1) is 6.10 Å². The van der Waals surface area contributed by atoms with E-state index in [0.717, 1.165) is 0 Å². The third kappa shape index (κ3) is 2.13. The van der Waals surface area contributed by atoms with E-state index < -0.39 is 36.7 Å². The summed E-state index contributed by atoms with van der Waals surface area (Å²) in [4.78, 5) is 10.5. The lowest BCUT2D eigenvalue weighted by atomic mass is 9.99. The number of aliphatic hydroxyl groups excluding tert-OH is 3. The molecule has 0 aliphatic carbocycles. The third-order valence-electron chi connectivity index (χ3n) is 2.14. The smallest absolute Gasteiger partial charge is 0.314 e. The predicted molar refractivity (Wildman–Crippen MR) is 45.1 cm³/mol. The topological polar surface area (TPSA) is 125 Å². The summed E-state index contributed by atoms with van der Waals surface area (Å²) in [6.07, 6.45) is -5.73. The number of aliphatic hydroxyl groups is 3. The van der Waals surface area contributed by atoms with Gasteiger partial charge < -0.3 is 31.1 Å². The van der Waals surface area contributed by atoms with E-state index in [0.29, 0.717) is 0 Å². The fraction of sp³-hybridized carbons (Fsp3) is 0.857. The van der Waals surface area contributed by atoms with Gasteiger partial charge in [0.2, 0.25) is 0 Å². The molecule has 0 aromatic heterocycles. The van der Waals surface area contributed by atoms with Crippen LogP contribution in [-0.4, -0.2) is 52.0 Å². The Labute approximate surface area is 80.5 Å². The highest BCUT2D eigenvalue weighted by atomic mass is 16.5. The van der Waals surface area contributed by atoms with Crippen LogP contribution in [0.1, 0.15) is 6.92 Å². The van der Waals surface area contributed by atoms with Gasteiger partial charge in [-0.25, -0.2) is 4.79 Å². The number of hydrogen-bond acceptors (Lipinski definition) is 5. The molecule has 0 aromatic rings. The van der Waals surface area contributed by atoms with Gasteiger partial charge in [0.15, 0.2) is 6.23 Å². The van der Waals surface area contributed by atoms with Gasteiger partial charge in [-0.05, 0) is 6.92 Å². The number of primary amides is 1. The van der Waals surface area contributed by atoms with E-state index in [9.17, 15) is 20.1 Å². The quantitative estimate of drug-likeness (QED) is 0.324. The van der Waals surface area contributed by atoms with E-state index in [1.54, 1.807) is 0 Å². The summed E-state index contributed by atoms with van der Waals surface area (Å²) in [6, 6.07) is -0.871. The van der Waals surface area contributed by atoms with Crippen LogP contribution in [0.4, 0.5) is 4.79 Å². The maximum absolute atomic E-state index is 10.5. The van der Waals surface area contributed by atoms with E-state index in [4.69, 9.17) is 10.5 Å². The van der Waals surface area contributed by atoms with Crippen molar-refractivity contribution >= 4 is 6.03 Å². The SMILES string of the molecule is CC1OC(NC(N)=O)C(O)C(O)C1O. The molecule has 0 aromatic carbocycles. The molecule has 1 fully saturated rings. The van der Waals surface area contributed by atoms with E-state index in [2.05, 4.69) is 5.32 Å². The van der Waals surface area contributed by atoms with Gasteiger partial charge in [0.1, 0.15) is 18.3 Å². The molecule has 1 saturated heterocycles. The first-order valence-electron chi connectivity index (χ1n) is 4.19. The molecular weight excluding hydrogens is 192 g/mol. The number of carbonyl (C=O) groups is 1. The van der Waals surface area contributed by atoms with Gasteiger partial charge in [-0.2, -0.15) is 0 Å². The molecule has 0 spiro atoms. The molecule has 1 rings (SSSR count). The zero-order chi connectivity index (χ0) is 10.9. The van der Waals surface area contributed by atoms with Crippen LogP contribution in [0.5, 0.6) is 0 Å². The number of amides is 2. The molecule has 5 atom stereocenters. The van der Waals surface area contributed by atoms with Crippen LogP contribution in [0.2, 0.25) is 0 Å². The zero-order valence-corrected chi connectivity index (χ0v) is 7.62. The van der Waals surface area contributed by atoms with Crippen molar-refractivity contribution in [2.24, 2.45) is 5.73 Å². The van der Waals surface area contributed by atoms with Gasteiger partial charge in [0, 0.05) is 0 Å². The lowest BCUT2D eigenvalue weighted by molar-refractivity contribution is -0.221. The predicted octanol–water partition coefficient (Wildman–Crippen LogP) is -2.52. The second-order valence-corrected chi connectivity index (χ2v) is 3.24. The van der Waals surface area contributed by atoms with Crippen LogP contribution >= 0.6 is 0 Å². The minimum Gasteiger partial charge on any atom is -0.388 e. The second kappa shape index (κ2) is 4.09. The Morgan fingerprint density at radius 1 is 1.29 bits per heavy atom. The van der Waals surface area contributed by atoms with Crippen LogP contribution in [0.15, 0.2) is 0 Å². The Kier molecular flexibility index (Phi) is 3.27. The van der Waals surface area contributed by atoms with Crippen LogP contribution in [0, 0.1) is 0 Å². The van der Waals surface area contributed by atoms with E-state index in [1.807, 2.05) is 0 Å². The molecule has 0 saturated carbocycles. The van der Waals surface area contributed by atoms with Gasteiger partial charge in [-0.1, -0.05) is 0 Å². The highest BCUT2D eigenvalue weighted by Crippen LogP contribution is 2.19. The Balaban J connectivity index is 2.65. The van der Waals surface area contributed by atoms with E-state index in [-0.39, 0.29) is 0 Å². The third-order valence-corrected chi connectivity index (χ3v) is 2.14. The number of nitrogens with two attached hydrogens (primary N) is 1. The maximum atomic E-state index is 10.5. The van der Waals surface area contributed by atoms with Crippen molar-refractivity contribution in [3.63, 3.8) is 0 Å². The first-order chi connectivity index (χ1) is 6.43. The summed E-state index contributed by atoms with van der Waals surface area (Å²) in [6.45, 7) is 1.51. The Hall–Kier alpha value is -0.890. The van der Waals surface area contributed by atoms with E-state index >= 15 is 0 Å². The van der Waals surface area contributed by atoms with Crippen LogP contribution in [0.3, 0.4) is 0 Å². The lowest BCUT2D eigenvalue weighted by Gasteiger charge is -2.39. The fourth-order valence-corrected chi connectivity index (χ4v) is 1.31. The largest absolute Gasteiger partial charge is 0.388 e. The van der Waals surface area contributed by atoms with Crippen LogP contribution < -0.4 is 11.1 Å². The van der Waals surface area contributed by atoms with Crippen molar-refractivity contribution < 1.29 is 24.9 Å². The van der Waals surface area contributed by atoms with Gasteiger partial charge in [-0.3, -0.25) is 0 Å². The molecular formula is C7H14N2O5. The number of urea groups is 1. The van der Waals surface area contributed by atoms with Gasteiger partial charge in [0.25, 0.3) is 0 Å². The molecule has 2 amide bonds. The monoisotopic (exact) mass is 206 g/mol. The zero-order valence-electron chi connectivity index (χ0n) is 7.62. The van der Waals surface area contributed by atoms with Crippen molar-refractivity contribution in [3.05, 3.63) is 0 Å². The second-order valence-electron chi connectivity index (χ2n) is 3.24. The molecule has 6 N–H and O–H groups in total. The number of hydrogen-bond donors (Lipinski definition) is 5. The average molecular weight is 206 g/mol. The van der Waals surface area contributed by atoms with Gasteiger partial charge >= 0.3 is 6.03 Å². The van der Waals surface area contributed by atoms with Crippen molar-refractivity contribution in [2.45, 2.75) is 37.6 Å². The number of ether oxygens (including phenoxy) is 1. The molecule has 7 nitrogen and oxygen atoms in total. The molecule has 82 valence electrons. The van der Waals surface area contributed by atoms with Crippen molar-refractivity contribution in [2.75, 3.05) is 0 Å². The Bertz CT molecular complexity index is 224. The highest BCUT2D eigenvalue weighted by molar-refractivity contribution is 5.71. The van der Waals surface area contributed by atoms with Gasteiger partial charge in [-0.15, -0.1) is 0 Å². The summed E-state index contributed by atoms with van der Waals surface area (Å²) in [5.41, 5.74) is 4.83. The standard InChI is InChI=1S/C7H14N2O5/c1-2-3(10)4(11)5(12)6(14-2)9-7(8)13/h2-6,10-12H,1H3,(H3,8,9,13). The summed E-state index contributed by atoms with van der Waals surface area (Å²) >= 11 is 0. The maximum Gasteiger partial charge on any atom is 0.314 e. The Morgan fingerprint density at radius 3 is 2.36 bits per heavy atom. The molecule has 1 heterocycles. The van der Waals surface area contributed by atoms with E-state index in [1.165, 1.54) is 6.92 Å². The molecule has 0 bridgehead atoms. The molecule has 7 heteroatoms. The highest BCUT2D eigenvalue weighted by Gasteiger charge is 2.42. The number of carbonyl (C=O) groups excluding carboxylic acids is 1. The summed E-state index contributed by atoms with van der Waals surface area (Å²) < 4.78 is 5.02. The average Bonchev–Trinajstić information content (AvgIpc) is 2.10. The molecule has 0 radical (unpaired) electrons. The van der Waals surface area contributed by atoms with Crippen molar-refractivity contribution in [3.8, 4) is 0 Å². The van der Waals surface area contributed by atoms with Crippen LogP contribution in [0.25, 0.3) is 0 Å². The van der Waals surface area contributed by atoms with Crippen LogP contribution in [-0.2, 0) is 4.74 Å². The lowest BCUT2D eigenvalue weighted by Crippen LogP contribution is -2.62. The van der Waals surface area contributed by atoms with Crippen molar-refractivity contribution in [1.29, 1.82) is 0 Å². The normalized spacial score (nSPS) is 43.3. The summed E-state index contributed by atoms with van der Waals surface area (Å²) in [5.74, 6) is 0.